The number of nitrogens with one attached hydrogen (secondary N) is 1. The summed E-state index contributed by atoms with van der Waals surface area (Å²) in [6.45, 7) is 5.27. The van der Waals surface area contributed by atoms with E-state index in [0.29, 0.717) is 24.5 Å². The molecule has 1 aromatic heterocycles. The molecule has 1 aromatic carbocycles. The first-order valence-corrected chi connectivity index (χ1v) is 11.5. The third kappa shape index (κ3) is 3.73. The summed E-state index contributed by atoms with van der Waals surface area (Å²) in [5, 5.41) is 8.39. The number of likely N-dealkylation sites (N-methyl/N-ethyl adjacent to an activating group) is 1. The van der Waals surface area contributed by atoms with Gasteiger partial charge in [0.15, 0.2) is 0 Å². The first-order chi connectivity index (χ1) is 14.6. The molecule has 160 valence electrons. The molecule has 2 aliphatic heterocycles. The number of carbonyl (C=O) groups is 1. The quantitative estimate of drug-likeness (QED) is 0.843. The van der Waals surface area contributed by atoms with Crippen LogP contribution in [-0.4, -0.2) is 57.7 Å². The zero-order valence-corrected chi connectivity index (χ0v) is 18.2. The molecule has 2 bridgehead atoms. The highest BCUT2D eigenvalue weighted by molar-refractivity contribution is 5.95. The molecule has 5 rings (SSSR count). The highest BCUT2D eigenvalue weighted by Crippen LogP contribution is 2.41. The van der Waals surface area contributed by atoms with Crippen molar-refractivity contribution in [2.75, 3.05) is 25.5 Å². The van der Waals surface area contributed by atoms with Gasteiger partial charge in [-0.15, -0.1) is 0 Å². The molecule has 1 N–H and O–H groups in total. The third-order valence-electron chi connectivity index (χ3n) is 7.18. The number of aromatic nitrogens is 2. The average molecular weight is 408 g/mol. The number of rotatable bonds is 3. The number of anilines is 1. The van der Waals surface area contributed by atoms with Crippen molar-refractivity contribution in [1.82, 2.24) is 19.6 Å². The molecule has 0 spiro atoms. The Balaban J connectivity index is 1.50. The Morgan fingerprint density at radius 1 is 1.13 bits per heavy atom. The minimum atomic E-state index is 0.141. The van der Waals surface area contributed by atoms with E-state index in [1.54, 1.807) is 0 Å². The maximum Gasteiger partial charge on any atom is 0.257 e. The second-order valence-electron chi connectivity index (χ2n) is 9.17. The lowest BCUT2D eigenvalue weighted by Crippen LogP contribution is -2.43. The van der Waals surface area contributed by atoms with Crippen LogP contribution in [-0.2, 0) is 13.1 Å². The Morgan fingerprint density at radius 3 is 2.73 bits per heavy atom. The minimum absolute atomic E-state index is 0.141. The predicted molar refractivity (Wildman–Crippen MR) is 119 cm³/mol. The van der Waals surface area contributed by atoms with Gasteiger partial charge in [-0.1, -0.05) is 18.2 Å². The molecule has 2 aromatic rings. The van der Waals surface area contributed by atoms with E-state index in [1.165, 1.54) is 12.0 Å². The second-order valence-corrected chi connectivity index (χ2v) is 9.17. The third-order valence-corrected chi connectivity index (χ3v) is 7.18. The van der Waals surface area contributed by atoms with Crippen LogP contribution in [0.15, 0.2) is 30.5 Å². The summed E-state index contributed by atoms with van der Waals surface area (Å²) >= 11 is 0. The fourth-order valence-corrected chi connectivity index (χ4v) is 5.13. The van der Waals surface area contributed by atoms with Crippen LogP contribution in [0.3, 0.4) is 0 Å². The van der Waals surface area contributed by atoms with E-state index in [9.17, 15) is 4.79 Å². The zero-order chi connectivity index (χ0) is 20.7. The van der Waals surface area contributed by atoms with Crippen molar-refractivity contribution in [3.8, 4) is 0 Å². The SMILES string of the molecule is CCn1cc(C(=O)N2Cc3ccccc3NCC[C@@H]3CC[C@H](C2)N3C)c(C2CC2)n1. The van der Waals surface area contributed by atoms with Crippen molar-refractivity contribution < 1.29 is 4.79 Å². The Bertz CT molecular complexity index is 918. The number of hydrogen-bond donors (Lipinski definition) is 1. The maximum atomic E-state index is 13.9. The number of benzene rings is 1. The molecule has 3 aliphatic rings. The number of nitrogens with zero attached hydrogens (tertiary/aromatic N) is 4. The van der Waals surface area contributed by atoms with Gasteiger partial charge < -0.3 is 10.2 Å². The number of carbonyl (C=O) groups excluding carboxylic acids is 1. The van der Waals surface area contributed by atoms with E-state index in [4.69, 9.17) is 5.10 Å². The van der Waals surface area contributed by atoms with Gasteiger partial charge in [-0.3, -0.25) is 14.4 Å². The second kappa shape index (κ2) is 8.06. The molecule has 6 heteroatoms. The summed E-state index contributed by atoms with van der Waals surface area (Å²) in [4.78, 5) is 18.4. The van der Waals surface area contributed by atoms with E-state index in [2.05, 4.69) is 53.4 Å². The van der Waals surface area contributed by atoms with Crippen LogP contribution in [0.1, 0.15) is 66.6 Å². The van der Waals surface area contributed by atoms with E-state index >= 15 is 0 Å². The van der Waals surface area contributed by atoms with Gasteiger partial charge in [0.05, 0.1) is 11.3 Å². The van der Waals surface area contributed by atoms with Crippen LogP contribution in [0.4, 0.5) is 5.69 Å². The topological polar surface area (TPSA) is 53.4 Å². The van der Waals surface area contributed by atoms with Crippen molar-refractivity contribution in [2.24, 2.45) is 0 Å². The minimum Gasteiger partial charge on any atom is -0.385 e. The van der Waals surface area contributed by atoms with Crippen molar-refractivity contribution in [1.29, 1.82) is 0 Å². The predicted octanol–water partition coefficient (Wildman–Crippen LogP) is 3.70. The lowest BCUT2D eigenvalue weighted by Gasteiger charge is -2.31. The smallest absolute Gasteiger partial charge is 0.257 e. The summed E-state index contributed by atoms with van der Waals surface area (Å²) in [5.74, 6) is 0.607. The molecule has 1 aliphatic carbocycles. The molecule has 0 radical (unpaired) electrons. The number of amides is 1. The van der Waals surface area contributed by atoms with Crippen molar-refractivity contribution >= 4 is 11.6 Å². The standard InChI is InChI=1S/C24H33N5O/c1-3-29-16-21(23(26-29)17-8-9-17)24(30)28-14-18-6-4-5-7-22(18)25-13-12-19-10-11-20(15-28)27(19)2/h4-7,16-17,19-20,25H,3,8-15H2,1-2H3/t19-,20+/m0/s1. The lowest BCUT2D eigenvalue weighted by molar-refractivity contribution is 0.0688. The van der Waals surface area contributed by atoms with Gasteiger partial charge in [0.25, 0.3) is 5.91 Å². The Labute approximate surface area is 179 Å². The van der Waals surface area contributed by atoms with E-state index in [1.807, 2.05) is 10.9 Å². The van der Waals surface area contributed by atoms with E-state index in [-0.39, 0.29) is 5.91 Å². The summed E-state index contributed by atoms with van der Waals surface area (Å²) in [5.41, 5.74) is 4.18. The van der Waals surface area contributed by atoms with Crippen LogP contribution in [0, 0.1) is 0 Å². The lowest BCUT2D eigenvalue weighted by atomic mass is 10.1. The molecule has 2 fully saturated rings. The summed E-state index contributed by atoms with van der Waals surface area (Å²) < 4.78 is 1.93. The molecule has 1 saturated carbocycles. The highest BCUT2D eigenvalue weighted by Gasteiger charge is 2.36. The number of fused-ring (bicyclic) bond motifs is 3. The molecular formula is C24H33N5O. The monoisotopic (exact) mass is 407 g/mol. The van der Waals surface area contributed by atoms with Crippen molar-refractivity contribution in [3.05, 3.63) is 47.3 Å². The molecule has 0 unspecified atom stereocenters. The Morgan fingerprint density at radius 2 is 1.93 bits per heavy atom. The number of aryl methyl sites for hydroxylation is 1. The summed E-state index contributed by atoms with van der Waals surface area (Å²) in [6, 6.07) is 9.46. The average Bonchev–Trinajstić information content (AvgIpc) is 3.42. The maximum absolute atomic E-state index is 13.9. The van der Waals surface area contributed by atoms with E-state index < -0.39 is 0 Å². The van der Waals surface area contributed by atoms with E-state index in [0.717, 1.165) is 62.3 Å². The zero-order valence-electron chi connectivity index (χ0n) is 18.2. The molecule has 30 heavy (non-hydrogen) atoms. The largest absolute Gasteiger partial charge is 0.385 e. The van der Waals surface area contributed by atoms with Gasteiger partial charge in [-0.25, -0.2) is 0 Å². The van der Waals surface area contributed by atoms with Crippen molar-refractivity contribution in [2.45, 2.75) is 70.1 Å². The molecular weight excluding hydrogens is 374 g/mol. The number of para-hydroxylation sites is 1. The Hall–Kier alpha value is -2.34. The summed E-state index contributed by atoms with van der Waals surface area (Å²) in [7, 11) is 2.24. The molecule has 3 heterocycles. The molecule has 6 nitrogen and oxygen atoms in total. The van der Waals surface area contributed by atoms with Crippen LogP contribution in [0.2, 0.25) is 0 Å². The summed E-state index contributed by atoms with van der Waals surface area (Å²) in [6.07, 6.45) is 7.81. The van der Waals surface area contributed by atoms with Gasteiger partial charge in [0.1, 0.15) is 0 Å². The highest BCUT2D eigenvalue weighted by atomic mass is 16.2. The molecule has 2 atom stereocenters. The normalized spacial score (nSPS) is 24.8. The first-order valence-electron chi connectivity index (χ1n) is 11.5. The molecule has 1 amide bonds. The van der Waals surface area contributed by atoms with Gasteiger partial charge in [0.2, 0.25) is 0 Å². The fraction of sp³-hybridized carbons (Fsp3) is 0.583. The van der Waals surface area contributed by atoms with Gasteiger partial charge in [0, 0.05) is 56.1 Å². The first kappa shape index (κ1) is 19.6. The Kier molecular flexibility index (Phi) is 5.27. The fourth-order valence-electron chi connectivity index (χ4n) is 5.13. The van der Waals surface area contributed by atoms with Gasteiger partial charge in [-0.2, -0.15) is 5.10 Å². The van der Waals surface area contributed by atoms with Crippen LogP contribution in [0.25, 0.3) is 0 Å². The molecule has 1 saturated heterocycles. The van der Waals surface area contributed by atoms with Crippen LogP contribution >= 0.6 is 0 Å². The van der Waals surface area contributed by atoms with Gasteiger partial charge in [-0.05, 0) is 57.7 Å². The number of hydrogen-bond acceptors (Lipinski definition) is 4. The van der Waals surface area contributed by atoms with Crippen molar-refractivity contribution in [3.63, 3.8) is 0 Å². The van der Waals surface area contributed by atoms with Crippen LogP contribution in [0.5, 0.6) is 0 Å². The van der Waals surface area contributed by atoms with Gasteiger partial charge >= 0.3 is 0 Å². The van der Waals surface area contributed by atoms with Crippen LogP contribution < -0.4 is 5.32 Å².